The van der Waals surface area contributed by atoms with E-state index in [1.54, 1.807) is 17.7 Å². The zero-order valence-corrected chi connectivity index (χ0v) is 16.6. The third kappa shape index (κ3) is 2.97. The normalized spacial score (nSPS) is 21.9. The molecule has 0 aliphatic carbocycles. The molecule has 2 saturated heterocycles. The zero-order chi connectivity index (χ0) is 18.5. The lowest BCUT2D eigenvalue weighted by Gasteiger charge is -2.22. The van der Waals surface area contributed by atoms with Gasteiger partial charge in [-0.15, -0.1) is 11.3 Å². The molecule has 5 heterocycles. The van der Waals surface area contributed by atoms with Crippen LogP contribution in [0.2, 0.25) is 0 Å². The SMILES string of the molecule is Cc1csc(N2CC3CN(c4cc(-n5nc(C)cc5C)ncn4)CC3C2)n1. The molecule has 0 radical (unpaired) electrons. The third-order valence-electron chi connectivity index (χ3n) is 5.55. The van der Waals surface area contributed by atoms with Crippen LogP contribution in [-0.2, 0) is 0 Å². The highest BCUT2D eigenvalue weighted by atomic mass is 32.1. The highest BCUT2D eigenvalue weighted by Gasteiger charge is 2.41. The van der Waals surface area contributed by atoms with Crippen LogP contribution < -0.4 is 9.80 Å². The Balaban J connectivity index is 1.32. The number of thiazole rings is 1. The van der Waals surface area contributed by atoms with E-state index in [4.69, 9.17) is 0 Å². The summed E-state index contributed by atoms with van der Waals surface area (Å²) in [6.45, 7) is 10.4. The molecule has 0 aromatic carbocycles. The van der Waals surface area contributed by atoms with Crippen LogP contribution in [0.1, 0.15) is 17.1 Å². The summed E-state index contributed by atoms with van der Waals surface area (Å²) in [6, 6.07) is 4.12. The molecule has 2 atom stereocenters. The summed E-state index contributed by atoms with van der Waals surface area (Å²) in [7, 11) is 0. The number of aromatic nitrogens is 5. The lowest BCUT2D eigenvalue weighted by molar-refractivity contribution is 0.533. The minimum absolute atomic E-state index is 0.668. The molecule has 2 fully saturated rings. The monoisotopic (exact) mass is 381 g/mol. The fourth-order valence-corrected chi connectivity index (χ4v) is 5.13. The maximum atomic E-state index is 4.65. The summed E-state index contributed by atoms with van der Waals surface area (Å²) in [5.74, 6) is 3.17. The molecule has 0 saturated carbocycles. The van der Waals surface area contributed by atoms with E-state index in [0.717, 1.165) is 54.9 Å². The summed E-state index contributed by atoms with van der Waals surface area (Å²) in [4.78, 5) is 18.5. The minimum Gasteiger partial charge on any atom is -0.356 e. The first-order valence-electron chi connectivity index (χ1n) is 9.34. The Kier molecular flexibility index (Phi) is 3.89. The molecule has 2 aliphatic rings. The second-order valence-corrected chi connectivity index (χ2v) is 8.51. The summed E-state index contributed by atoms with van der Waals surface area (Å²) in [5.41, 5.74) is 3.21. The fourth-order valence-electron chi connectivity index (χ4n) is 4.31. The summed E-state index contributed by atoms with van der Waals surface area (Å²) >= 11 is 1.76. The fraction of sp³-hybridized carbons (Fsp3) is 0.474. The number of fused-ring (bicyclic) bond motifs is 1. The van der Waals surface area contributed by atoms with E-state index in [-0.39, 0.29) is 0 Å². The Bertz CT molecular complexity index is 964. The highest BCUT2D eigenvalue weighted by molar-refractivity contribution is 7.13. The molecule has 2 unspecified atom stereocenters. The molecule has 3 aromatic heterocycles. The molecule has 0 spiro atoms. The molecule has 0 amide bonds. The minimum atomic E-state index is 0.668. The predicted molar refractivity (Wildman–Crippen MR) is 107 cm³/mol. The Labute approximate surface area is 162 Å². The first-order valence-corrected chi connectivity index (χ1v) is 10.2. The topological polar surface area (TPSA) is 63.0 Å². The third-order valence-corrected chi connectivity index (χ3v) is 6.57. The van der Waals surface area contributed by atoms with Crippen LogP contribution in [0.25, 0.3) is 5.82 Å². The van der Waals surface area contributed by atoms with Crippen LogP contribution in [0.15, 0.2) is 23.8 Å². The van der Waals surface area contributed by atoms with Crippen molar-refractivity contribution in [1.82, 2.24) is 24.7 Å². The van der Waals surface area contributed by atoms with Gasteiger partial charge in [-0.25, -0.2) is 19.6 Å². The van der Waals surface area contributed by atoms with Crippen LogP contribution in [0.4, 0.5) is 10.9 Å². The average Bonchev–Trinajstić information content (AvgIpc) is 3.38. The number of nitrogens with zero attached hydrogens (tertiary/aromatic N) is 7. The van der Waals surface area contributed by atoms with Gasteiger partial charge >= 0.3 is 0 Å². The van der Waals surface area contributed by atoms with Gasteiger partial charge in [0.05, 0.1) is 11.4 Å². The highest BCUT2D eigenvalue weighted by Crippen LogP contribution is 2.36. The van der Waals surface area contributed by atoms with E-state index in [9.17, 15) is 0 Å². The van der Waals surface area contributed by atoms with E-state index in [1.165, 1.54) is 5.13 Å². The Morgan fingerprint density at radius 3 is 2.22 bits per heavy atom. The first kappa shape index (κ1) is 16.7. The van der Waals surface area contributed by atoms with Crippen molar-refractivity contribution in [3.8, 4) is 5.82 Å². The Hall–Kier alpha value is -2.48. The summed E-state index contributed by atoms with van der Waals surface area (Å²) in [5, 5.41) is 7.85. The van der Waals surface area contributed by atoms with Gasteiger partial charge in [-0.1, -0.05) is 0 Å². The van der Waals surface area contributed by atoms with Crippen molar-refractivity contribution in [2.24, 2.45) is 11.8 Å². The molecule has 2 aliphatic heterocycles. The van der Waals surface area contributed by atoms with Crippen molar-refractivity contribution in [3.63, 3.8) is 0 Å². The van der Waals surface area contributed by atoms with Crippen LogP contribution in [0.5, 0.6) is 0 Å². The lowest BCUT2D eigenvalue weighted by atomic mass is 10.0. The van der Waals surface area contributed by atoms with Crippen molar-refractivity contribution >= 4 is 22.3 Å². The molecule has 3 aromatic rings. The molecule has 27 heavy (non-hydrogen) atoms. The molecular weight excluding hydrogens is 358 g/mol. The van der Waals surface area contributed by atoms with E-state index in [2.05, 4.69) is 61.2 Å². The second kappa shape index (κ2) is 6.30. The molecule has 5 rings (SSSR count). The van der Waals surface area contributed by atoms with Crippen LogP contribution in [0, 0.1) is 32.6 Å². The van der Waals surface area contributed by atoms with Crippen molar-refractivity contribution < 1.29 is 0 Å². The Morgan fingerprint density at radius 2 is 1.59 bits per heavy atom. The van der Waals surface area contributed by atoms with Crippen molar-refractivity contribution in [2.45, 2.75) is 20.8 Å². The van der Waals surface area contributed by atoms with Gasteiger partial charge in [0.2, 0.25) is 0 Å². The van der Waals surface area contributed by atoms with E-state index >= 15 is 0 Å². The van der Waals surface area contributed by atoms with Crippen molar-refractivity contribution in [3.05, 3.63) is 40.9 Å². The van der Waals surface area contributed by atoms with Gasteiger partial charge in [0.1, 0.15) is 12.1 Å². The standard InChI is InChI=1S/C19H23N7S/c1-12-4-14(3)26(23-12)18-5-17(20-11-21-18)24-6-15-8-25(9-16(15)7-24)19-22-13(2)10-27-19/h4-5,10-11,15-16H,6-9H2,1-3H3. The lowest BCUT2D eigenvalue weighted by Crippen LogP contribution is -2.29. The van der Waals surface area contributed by atoms with E-state index in [1.807, 2.05) is 11.6 Å². The smallest absolute Gasteiger partial charge is 0.185 e. The quantitative estimate of drug-likeness (QED) is 0.695. The van der Waals surface area contributed by atoms with E-state index in [0.29, 0.717) is 11.8 Å². The molecule has 0 N–H and O–H groups in total. The van der Waals surface area contributed by atoms with Crippen molar-refractivity contribution in [1.29, 1.82) is 0 Å². The van der Waals surface area contributed by atoms with Gasteiger partial charge in [0, 0.05) is 55.2 Å². The van der Waals surface area contributed by atoms with Crippen molar-refractivity contribution in [2.75, 3.05) is 36.0 Å². The number of hydrogen-bond acceptors (Lipinski definition) is 7. The van der Waals surface area contributed by atoms with Gasteiger partial charge in [-0.3, -0.25) is 0 Å². The van der Waals surface area contributed by atoms with Gasteiger partial charge < -0.3 is 9.80 Å². The molecular formula is C19H23N7S. The maximum absolute atomic E-state index is 4.65. The zero-order valence-electron chi connectivity index (χ0n) is 15.8. The molecule has 0 bridgehead atoms. The van der Waals surface area contributed by atoms with Gasteiger partial charge in [0.15, 0.2) is 10.9 Å². The van der Waals surface area contributed by atoms with Gasteiger partial charge in [-0.05, 0) is 26.8 Å². The molecule has 7 nitrogen and oxygen atoms in total. The van der Waals surface area contributed by atoms with Gasteiger partial charge in [-0.2, -0.15) is 5.10 Å². The second-order valence-electron chi connectivity index (χ2n) is 7.67. The van der Waals surface area contributed by atoms with E-state index < -0.39 is 0 Å². The largest absolute Gasteiger partial charge is 0.356 e. The van der Waals surface area contributed by atoms with Crippen LogP contribution in [0.3, 0.4) is 0 Å². The number of hydrogen-bond donors (Lipinski definition) is 0. The molecule has 140 valence electrons. The first-order chi connectivity index (χ1) is 13.1. The maximum Gasteiger partial charge on any atom is 0.185 e. The van der Waals surface area contributed by atoms with Crippen LogP contribution in [-0.4, -0.2) is 50.9 Å². The molecule has 8 heteroatoms. The number of anilines is 2. The van der Waals surface area contributed by atoms with Gasteiger partial charge in [0.25, 0.3) is 0 Å². The summed E-state index contributed by atoms with van der Waals surface area (Å²) in [6.07, 6.45) is 1.65. The number of rotatable bonds is 3. The summed E-state index contributed by atoms with van der Waals surface area (Å²) < 4.78 is 1.89. The predicted octanol–water partition coefficient (Wildman–Crippen LogP) is 2.62. The number of aryl methyl sites for hydroxylation is 3. The van der Waals surface area contributed by atoms with Crippen LogP contribution >= 0.6 is 11.3 Å². The average molecular weight is 382 g/mol. The Morgan fingerprint density at radius 1 is 0.889 bits per heavy atom.